The van der Waals surface area contributed by atoms with Gasteiger partial charge in [-0.25, -0.2) is 0 Å². The zero-order valence-corrected chi connectivity index (χ0v) is 12.1. The summed E-state index contributed by atoms with van der Waals surface area (Å²) in [5, 5.41) is 0.606. The molecule has 0 aromatic heterocycles. The summed E-state index contributed by atoms with van der Waals surface area (Å²) in [6, 6.07) is 4.53. The van der Waals surface area contributed by atoms with Gasteiger partial charge < -0.3 is 9.47 Å². The molecule has 0 unspecified atom stereocenters. The zero-order valence-electron chi connectivity index (χ0n) is 10.6. The molecule has 0 N–H and O–H groups in total. The largest absolute Gasteiger partial charge is 0.465 e. The summed E-state index contributed by atoms with van der Waals surface area (Å²) in [5.74, 6) is -2.48. The standard InChI is InChI=1S/C13H14Cl2O4/c1-3-18-12(16)11(13(17)19-4-2)8-5-6-9(14)10(15)7-8/h5-7,11H,3-4H2,1-2H3. The second kappa shape index (κ2) is 7.36. The van der Waals surface area contributed by atoms with Crippen molar-refractivity contribution in [2.24, 2.45) is 0 Å². The summed E-state index contributed by atoms with van der Waals surface area (Å²) in [5.41, 5.74) is 0.395. The Kier molecular flexibility index (Phi) is 6.12. The number of halogens is 2. The Morgan fingerprint density at radius 1 is 1.05 bits per heavy atom. The van der Waals surface area contributed by atoms with Gasteiger partial charge in [-0.15, -0.1) is 0 Å². The van der Waals surface area contributed by atoms with Crippen molar-refractivity contribution < 1.29 is 19.1 Å². The van der Waals surface area contributed by atoms with Gasteiger partial charge in [0.15, 0.2) is 5.92 Å². The molecule has 6 heteroatoms. The van der Waals surface area contributed by atoms with Crippen LogP contribution in [0.2, 0.25) is 10.0 Å². The molecule has 0 aliphatic rings. The monoisotopic (exact) mass is 304 g/mol. The van der Waals surface area contributed by atoms with Crippen molar-refractivity contribution in [2.45, 2.75) is 19.8 Å². The molecule has 0 bridgehead atoms. The summed E-state index contributed by atoms with van der Waals surface area (Å²) >= 11 is 11.7. The van der Waals surface area contributed by atoms with Crippen LogP contribution in [0.4, 0.5) is 0 Å². The third kappa shape index (κ3) is 4.11. The van der Waals surface area contributed by atoms with Crippen LogP contribution in [-0.4, -0.2) is 25.2 Å². The van der Waals surface area contributed by atoms with Gasteiger partial charge in [0.1, 0.15) is 0 Å². The number of rotatable bonds is 5. The molecule has 0 saturated carbocycles. The number of benzene rings is 1. The quantitative estimate of drug-likeness (QED) is 0.619. The number of esters is 2. The molecule has 19 heavy (non-hydrogen) atoms. The van der Waals surface area contributed by atoms with E-state index < -0.39 is 17.9 Å². The zero-order chi connectivity index (χ0) is 14.4. The summed E-state index contributed by atoms with van der Waals surface area (Å²) in [7, 11) is 0. The van der Waals surface area contributed by atoms with Crippen LogP contribution < -0.4 is 0 Å². The van der Waals surface area contributed by atoms with E-state index in [0.717, 1.165) is 0 Å². The highest BCUT2D eigenvalue weighted by Crippen LogP contribution is 2.28. The highest BCUT2D eigenvalue weighted by atomic mass is 35.5. The second-order valence-corrected chi connectivity index (χ2v) is 4.43. The first-order chi connectivity index (χ1) is 9.01. The predicted molar refractivity (Wildman–Crippen MR) is 72.5 cm³/mol. The molecule has 0 aliphatic heterocycles. The summed E-state index contributed by atoms with van der Waals surface area (Å²) in [6.45, 7) is 3.68. The van der Waals surface area contributed by atoms with Crippen LogP contribution in [0.3, 0.4) is 0 Å². The molecule has 1 rings (SSSR count). The van der Waals surface area contributed by atoms with Crippen LogP contribution in [-0.2, 0) is 19.1 Å². The van der Waals surface area contributed by atoms with Crippen LogP contribution in [0.15, 0.2) is 18.2 Å². The molecule has 0 radical (unpaired) electrons. The SMILES string of the molecule is CCOC(=O)C(C(=O)OCC)c1ccc(Cl)c(Cl)c1. The van der Waals surface area contributed by atoms with Crippen molar-refractivity contribution >= 4 is 35.1 Å². The molecule has 1 aromatic rings. The topological polar surface area (TPSA) is 52.6 Å². The van der Waals surface area contributed by atoms with Gasteiger partial charge in [0.25, 0.3) is 0 Å². The molecular formula is C13H14Cl2O4. The van der Waals surface area contributed by atoms with Crippen molar-refractivity contribution in [3.05, 3.63) is 33.8 Å². The summed E-state index contributed by atoms with van der Waals surface area (Å²) in [6.07, 6.45) is 0. The van der Waals surface area contributed by atoms with Gasteiger partial charge in [-0.2, -0.15) is 0 Å². The highest BCUT2D eigenvalue weighted by Gasteiger charge is 2.31. The Balaban J connectivity index is 3.11. The van der Waals surface area contributed by atoms with Gasteiger partial charge in [-0.3, -0.25) is 9.59 Å². The normalized spacial score (nSPS) is 10.4. The minimum atomic E-state index is -1.14. The van der Waals surface area contributed by atoms with Crippen LogP contribution in [0, 0.1) is 0 Å². The fourth-order valence-electron chi connectivity index (χ4n) is 1.51. The fraction of sp³-hybridized carbons (Fsp3) is 0.385. The van der Waals surface area contributed by atoms with E-state index in [9.17, 15) is 9.59 Å². The molecule has 0 heterocycles. The van der Waals surface area contributed by atoms with E-state index in [4.69, 9.17) is 32.7 Å². The fourth-order valence-corrected chi connectivity index (χ4v) is 1.82. The van der Waals surface area contributed by atoms with Crippen LogP contribution in [0.25, 0.3) is 0 Å². The van der Waals surface area contributed by atoms with Crippen molar-refractivity contribution in [3.8, 4) is 0 Å². The number of carbonyl (C=O) groups is 2. The van der Waals surface area contributed by atoms with Gasteiger partial charge in [-0.05, 0) is 31.5 Å². The van der Waals surface area contributed by atoms with E-state index >= 15 is 0 Å². The Bertz CT molecular complexity index is 456. The minimum Gasteiger partial charge on any atom is -0.465 e. The van der Waals surface area contributed by atoms with Gasteiger partial charge in [0, 0.05) is 0 Å². The van der Waals surface area contributed by atoms with E-state index in [0.29, 0.717) is 10.6 Å². The highest BCUT2D eigenvalue weighted by molar-refractivity contribution is 6.42. The molecule has 1 aromatic carbocycles. The molecule has 0 atom stereocenters. The molecular weight excluding hydrogens is 291 g/mol. The van der Waals surface area contributed by atoms with Crippen molar-refractivity contribution in [2.75, 3.05) is 13.2 Å². The maximum atomic E-state index is 11.9. The minimum absolute atomic E-state index is 0.177. The second-order valence-electron chi connectivity index (χ2n) is 3.61. The number of ether oxygens (including phenoxy) is 2. The first-order valence-corrected chi connectivity index (χ1v) is 6.55. The van der Waals surface area contributed by atoms with E-state index in [1.807, 2.05) is 0 Å². The number of carbonyl (C=O) groups excluding carboxylic acids is 2. The Morgan fingerprint density at radius 3 is 2.00 bits per heavy atom. The molecule has 4 nitrogen and oxygen atoms in total. The van der Waals surface area contributed by atoms with E-state index in [1.54, 1.807) is 19.9 Å². The van der Waals surface area contributed by atoms with Crippen molar-refractivity contribution in [3.63, 3.8) is 0 Å². The smallest absolute Gasteiger partial charge is 0.324 e. The molecule has 0 fully saturated rings. The lowest BCUT2D eigenvalue weighted by atomic mass is 9.99. The average Bonchev–Trinajstić information content (AvgIpc) is 2.34. The van der Waals surface area contributed by atoms with E-state index in [-0.39, 0.29) is 18.2 Å². The third-order valence-corrected chi connectivity index (χ3v) is 3.06. The van der Waals surface area contributed by atoms with Gasteiger partial charge in [0.2, 0.25) is 0 Å². The first kappa shape index (κ1) is 15.8. The average molecular weight is 305 g/mol. The van der Waals surface area contributed by atoms with Gasteiger partial charge in [0.05, 0.1) is 23.3 Å². The summed E-state index contributed by atoms with van der Waals surface area (Å²) < 4.78 is 9.76. The Hall–Kier alpha value is -1.26. The van der Waals surface area contributed by atoms with Crippen LogP contribution in [0.5, 0.6) is 0 Å². The lowest BCUT2D eigenvalue weighted by Crippen LogP contribution is -2.26. The van der Waals surface area contributed by atoms with E-state index in [1.165, 1.54) is 12.1 Å². The summed E-state index contributed by atoms with van der Waals surface area (Å²) in [4.78, 5) is 23.7. The third-order valence-electron chi connectivity index (χ3n) is 2.32. The van der Waals surface area contributed by atoms with Crippen LogP contribution >= 0.6 is 23.2 Å². The van der Waals surface area contributed by atoms with Gasteiger partial charge in [-0.1, -0.05) is 29.3 Å². The van der Waals surface area contributed by atoms with Gasteiger partial charge >= 0.3 is 11.9 Å². The lowest BCUT2D eigenvalue weighted by molar-refractivity contribution is -0.156. The maximum absolute atomic E-state index is 11.9. The Labute approximate surface area is 121 Å². The number of hydrogen-bond donors (Lipinski definition) is 0. The molecule has 0 spiro atoms. The molecule has 0 aliphatic carbocycles. The molecule has 0 saturated heterocycles. The predicted octanol–water partition coefficient (Wildman–Crippen LogP) is 3.20. The maximum Gasteiger partial charge on any atom is 0.324 e. The van der Waals surface area contributed by atoms with Crippen LogP contribution in [0.1, 0.15) is 25.3 Å². The van der Waals surface area contributed by atoms with Crippen molar-refractivity contribution in [1.82, 2.24) is 0 Å². The lowest BCUT2D eigenvalue weighted by Gasteiger charge is -2.15. The molecule has 0 amide bonds. The van der Waals surface area contributed by atoms with Crippen molar-refractivity contribution in [1.29, 1.82) is 0 Å². The number of hydrogen-bond acceptors (Lipinski definition) is 4. The first-order valence-electron chi connectivity index (χ1n) is 5.79. The van der Waals surface area contributed by atoms with E-state index in [2.05, 4.69) is 0 Å². The molecule has 104 valence electrons. The Morgan fingerprint density at radius 2 is 1.58 bits per heavy atom.